The van der Waals surface area contributed by atoms with E-state index in [1.54, 1.807) is 0 Å². The van der Waals surface area contributed by atoms with Gasteiger partial charge in [-0.1, -0.05) is 36.8 Å². The summed E-state index contributed by atoms with van der Waals surface area (Å²) in [4.78, 5) is 0. The number of nitrogens with zero attached hydrogens (tertiary/aromatic N) is 1. The summed E-state index contributed by atoms with van der Waals surface area (Å²) in [7, 11) is 0. The molecule has 0 radical (unpaired) electrons. The van der Waals surface area contributed by atoms with E-state index in [4.69, 9.17) is 0 Å². The summed E-state index contributed by atoms with van der Waals surface area (Å²) >= 11 is 1.94. The normalized spacial score (nSPS) is 19.1. The van der Waals surface area contributed by atoms with Crippen LogP contribution in [-0.2, 0) is 5.75 Å². The minimum Gasteiger partial charge on any atom is -0.297 e. The Labute approximate surface area is 127 Å². The molecule has 1 aliphatic rings. The molecule has 2 rings (SSSR count). The lowest BCUT2D eigenvalue weighted by atomic mass is 9.98. The summed E-state index contributed by atoms with van der Waals surface area (Å²) in [6, 6.07) is 11.7. The Hall–Kier alpha value is -0.980. The molecule has 1 saturated carbocycles. The van der Waals surface area contributed by atoms with Gasteiger partial charge in [0.25, 0.3) is 0 Å². The first-order chi connectivity index (χ1) is 9.50. The van der Waals surface area contributed by atoms with Crippen molar-refractivity contribution >= 4 is 11.8 Å². The lowest BCUT2D eigenvalue weighted by molar-refractivity contribution is 0.414. The third-order valence-corrected chi connectivity index (χ3v) is 4.90. The van der Waals surface area contributed by atoms with E-state index in [2.05, 4.69) is 49.5 Å². The molecule has 0 aliphatic heterocycles. The number of nitrogens with one attached hydrogen (secondary N) is 1. The van der Waals surface area contributed by atoms with Crippen molar-refractivity contribution in [3.05, 3.63) is 35.4 Å². The molecule has 20 heavy (non-hydrogen) atoms. The van der Waals surface area contributed by atoms with Gasteiger partial charge in [0.2, 0.25) is 0 Å². The van der Waals surface area contributed by atoms with Crippen molar-refractivity contribution < 1.29 is 0 Å². The Balaban J connectivity index is 1.82. The quantitative estimate of drug-likeness (QED) is 0.822. The van der Waals surface area contributed by atoms with E-state index in [9.17, 15) is 5.26 Å². The number of hydrogen-bond acceptors (Lipinski definition) is 3. The van der Waals surface area contributed by atoms with Crippen molar-refractivity contribution in [2.45, 2.75) is 62.6 Å². The van der Waals surface area contributed by atoms with Crippen LogP contribution in [0.2, 0.25) is 0 Å². The fourth-order valence-electron chi connectivity index (χ4n) is 2.49. The highest BCUT2D eigenvalue weighted by Gasteiger charge is 2.33. The lowest BCUT2D eigenvalue weighted by Gasteiger charge is -2.26. The van der Waals surface area contributed by atoms with Crippen LogP contribution in [0.1, 0.15) is 44.2 Å². The Bertz CT molecular complexity index is 490. The zero-order valence-corrected chi connectivity index (χ0v) is 13.5. The van der Waals surface area contributed by atoms with Crippen LogP contribution in [0.25, 0.3) is 0 Å². The molecule has 1 N–H and O–H groups in total. The van der Waals surface area contributed by atoms with E-state index < -0.39 is 0 Å². The fourth-order valence-corrected chi connectivity index (χ4v) is 3.60. The van der Waals surface area contributed by atoms with Gasteiger partial charge >= 0.3 is 0 Å². The van der Waals surface area contributed by atoms with Crippen LogP contribution in [0.15, 0.2) is 24.3 Å². The first kappa shape index (κ1) is 15.4. The molecule has 0 amide bonds. The maximum absolute atomic E-state index is 9.41. The van der Waals surface area contributed by atoms with Gasteiger partial charge < -0.3 is 0 Å². The molecule has 1 aromatic rings. The zero-order chi connectivity index (χ0) is 14.6. The monoisotopic (exact) mass is 288 g/mol. The van der Waals surface area contributed by atoms with Gasteiger partial charge in [-0.2, -0.15) is 17.0 Å². The Morgan fingerprint density at radius 2 is 2.25 bits per heavy atom. The van der Waals surface area contributed by atoms with E-state index in [0.717, 1.165) is 12.2 Å². The summed E-state index contributed by atoms with van der Waals surface area (Å²) in [5.74, 6) is 1.02. The van der Waals surface area contributed by atoms with Gasteiger partial charge in [-0.25, -0.2) is 0 Å². The summed E-state index contributed by atoms with van der Waals surface area (Å²) in [5, 5.41) is 13.4. The van der Waals surface area contributed by atoms with Crippen molar-refractivity contribution in [1.29, 1.82) is 5.26 Å². The summed E-state index contributed by atoms with van der Waals surface area (Å²) < 4.78 is 0. The number of nitriles is 1. The molecule has 2 unspecified atom stereocenters. The molecular formula is C17H24N2S. The number of benzene rings is 1. The van der Waals surface area contributed by atoms with Crippen LogP contribution in [0, 0.1) is 18.3 Å². The summed E-state index contributed by atoms with van der Waals surface area (Å²) in [6.07, 6.45) is 3.35. The van der Waals surface area contributed by atoms with Gasteiger partial charge in [-0.15, -0.1) is 0 Å². The van der Waals surface area contributed by atoms with Crippen LogP contribution in [-0.4, -0.2) is 16.8 Å². The maximum atomic E-state index is 9.41. The van der Waals surface area contributed by atoms with Crippen molar-refractivity contribution in [1.82, 2.24) is 5.32 Å². The Kier molecular flexibility index (Phi) is 5.12. The standard InChI is InChI=1S/C17H24N2S/c1-13-5-4-6-15(9-13)11-20-14(2)10-17(3,12-18)19-16-7-8-16/h4-6,9,14,16,19H,7-8,10-11H2,1-3H3. The first-order valence-corrected chi connectivity index (χ1v) is 8.42. The van der Waals surface area contributed by atoms with Gasteiger partial charge in [0, 0.05) is 17.0 Å². The SMILES string of the molecule is Cc1cccc(CSC(C)CC(C)(C#N)NC2CC2)c1. The van der Waals surface area contributed by atoms with E-state index in [-0.39, 0.29) is 5.54 Å². The van der Waals surface area contributed by atoms with Crippen LogP contribution in [0.3, 0.4) is 0 Å². The largest absolute Gasteiger partial charge is 0.297 e. The smallest absolute Gasteiger partial charge is 0.105 e. The predicted molar refractivity (Wildman–Crippen MR) is 86.7 cm³/mol. The molecule has 2 nitrogen and oxygen atoms in total. The second-order valence-corrected chi connectivity index (χ2v) is 7.60. The van der Waals surface area contributed by atoms with Crippen molar-refractivity contribution in [2.24, 2.45) is 0 Å². The average Bonchev–Trinajstić information content (AvgIpc) is 3.20. The minimum atomic E-state index is -0.375. The highest BCUT2D eigenvalue weighted by atomic mass is 32.2. The topological polar surface area (TPSA) is 35.8 Å². The molecule has 1 aromatic carbocycles. The van der Waals surface area contributed by atoms with E-state index in [1.807, 2.05) is 18.7 Å². The lowest BCUT2D eigenvalue weighted by Crippen LogP contribution is -2.44. The van der Waals surface area contributed by atoms with E-state index in [1.165, 1.54) is 24.0 Å². The predicted octanol–water partition coefficient (Wildman–Crippen LogP) is 4.04. The molecule has 0 bridgehead atoms. The minimum absolute atomic E-state index is 0.375. The molecule has 0 aromatic heterocycles. The van der Waals surface area contributed by atoms with E-state index >= 15 is 0 Å². The molecule has 0 spiro atoms. The van der Waals surface area contributed by atoms with Crippen LogP contribution < -0.4 is 5.32 Å². The third-order valence-electron chi connectivity index (χ3n) is 3.66. The first-order valence-electron chi connectivity index (χ1n) is 7.37. The number of rotatable bonds is 7. The third kappa shape index (κ3) is 4.85. The van der Waals surface area contributed by atoms with Gasteiger partial charge in [0.1, 0.15) is 5.54 Å². The number of aryl methyl sites for hydroxylation is 1. The fraction of sp³-hybridized carbons (Fsp3) is 0.588. The number of hydrogen-bond donors (Lipinski definition) is 1. The molecule has 1 fully saturated rings. The van der Waals surface area contributed by atoms with Gasteiger partial charge in [-0.3, -0.25) is 5.32 Å². The van der Waals surface area contributed by atoms with Crippen LogP contribution >= 0.6 is 11.8 Å². The summed E-state index contributed by atoms with van der Waals surface area (Å²) in [5.41, 5.74) is 2.31. The second-order valence-electron chi connectivity index (χ2n) is 6.18. The average molecular weight is 288 g/mol. The molecule has 108 valence electrons. The van der Waals surface area contributed by atoms with Gasteiger partial charge in [-0.05, 0) is 38.7 Å². The zero-order valence-electron chi connectivity index (χ0n) is 12.6. The Morgan fingerprint density at radius 3 is 2.85 bits per heavy atom. The van der Waals surface area contributed by atoms with Gasteiger partial charge in [0.15, 0.2) is 0 Å². The molecule has 2 atom stereocenters. The molecule has 0 saturated heterocycles. The van der Waals surface area contributed by atoms with Crippen LogP contribution in [0.4, 0.5) is 0 Å². The Morgan fingerprint density at radius 1 is 1.50 bits per heavy atom. The van der Waals surface area contributed by atoms with Crippen molar-refractivity contribution in [3.63, 3.8) is 0 Å². The number of thioether (sulfide) groups is 1. The van der Waals surface area contributed by atoms with E-state index in [0.29, 0.717) is 11.3 Å². The molecule has 1 aliphatic carbocycles. The summed E-state index contributed by atoms with van der Waals surface area (Å²) in [6.45, 7) is 6.39. The molecule has 3 heteroatoms. The highest BCUT2D eigenvalue weighted by Crippen LogP contribution is 2.28. The molecule has 0 heterocycles. The second kappa shape index (κ2) is 6.65. The van der Waals surface area contributed by atoms with Crippen LogP contribution in [0.5, 0.6) is 0 Å². The van der Waals surface area contributed by atoms with Crippen molar-refractivity contribution in [3.8, 4) is 6.07 Å². The molecular weight excluding hydrogens is 264 g/mol. The highest BCUT2D eigenvalue weighted by molar-refractivity contribution is 7.99. The van der Waals surface area contributed by atoms with Gasteiger partial charge in [0.05, 0.1) is 6.07 Å². The maximum Gasteiger partial charge on any atom is 0.105 e. The van der Waals surface area contributed by atoms with Crippen molar-refractivity contribution in [2.75, 3.05) is 0 Å².